The topological polar surface area (TPSA) is 52.0 Å². The van der Waals surface area contributed by atoms with Gasteiger partial charge in [0.25, 0.3) is 0 Å². The van der Waals surface area contributed by atoms with E-state index in [-0.39, 0.29) is 6.04 Å². The lowest BCUT2D eigenvalue weighted by Crippen LogP contribution is -2.23. The Morgan fingerprint density at radius 1 is 1.40 bits per heavy atom. The lowest BCUT2D eigenvalue weighted by atomic mass is 10.0. The molecule has 2 heterocycles. The maximum atomic E-state index is 6.30. The maximum Gasteiger partial charge on any atom is 0.0837 e. The summed E-state index contributed by atoms with van der Waals surface area (Å²) < 4.78 is 6.98. The Balaban J connectivity index is 2.38. The molecular formula is C14H19ClN4O. The molecule has 0 bridgehead atoms. The molecule has 108 valence electrons. The number of hydrogen-bond donors (Lipinski definition) is 1. The van der Waals surface area contributed by atoms with Crippen molar-refractivity contribution in [2.75, 3.05) is 20.8 Å². The van der Waals surface area contributed by atoms with Crippen LogP contribution in [0.25, 0.3) is 0 Å². The van der Waals surface area contributed by atoms with Gasteiger partial charge >= 0.3 is 0 Å². The highest BCUT2D eigenvalue weighted by Gasteiger charge is 2.21. The Hall–Kier alpha value is -1.43. The van der Waals surface area contributed by atoms with E-state index in [1.54, 1.807) is 13.3 Å². The van der Waals surface area contributed by atoms with Gasteiger partial charge in [0.2, 0.25) is 0 Å². The molecule has 0 aromatic carbocycles. The number of aromatic nitrogens is 3. The van der Waals surface area contributed by atoms with E-state index in [2.05, 4.69) is 21.5 Å². The molecule has 0 aliphatic carbocycles. The first-order valence-corrected chi connectivity index (χ1v) is 6.84. The largest absolute Gasteiger partial charge is 0.383 e. The summed E-state index contributed by atoms with van der Waals surface area (Å²) in [5.41, 5.74) is 3.11. The zero-order valence-corrected chi connectivity index (χ0v) is 12.7. The molecule has 2 rings (SSSR count). The summed E-state index contributed by atoms with van der Waals surface area (Å²) >= 11 is 6.30. The third-order valence-electron chi connectivity index (χ3n) is 3.13. The highest BCUT2D eigenvalue weighted by molar-refractivity contribution is 6.31. The van der Waals surface area contributed by atoms with Crippen LogP contribution < -0.4 is 5.32 Å². The summed E-state index contributed by atoms with van der Waals surface area (Å²) in [6.07, 6.45) is 5.35. The van der Waals surface area contributed by atoms with Crippen molar-refractivity contribution in [2.24, 2.45) is 0 Å². The number of rotatable bonds is 6. The Labute approximate surface area is 123 Å². The Morgan fingerprint density at radius 3 is 2.85 bits per heavy atom. The number of ether oxygens (including phenoxy) is 1. The van der Waals surface area contributed by atoms with E-state index in [9.17, 15) is 0 Å². The summed E-state index contributed by atoms with van der Waals surface area (Å²) in [6, 6.07) is 2.05. The van der Waals surface area contributed by atoms with Crippen LogP contribution in [0.15, 0.2) is 24.7 Å². The fraction of sp³-hybridized carbons (Fsp3) is 0.429. The predicted molar refractivity (Wildman–Crippen MR) is 79.0 cm³/mol. The molecule has 0 saturated carbocycles. The fourth-order valence-electron chi connectivity index (χ4n) is 2.21. The first-order chi connectivity index (χ1) is 9.67. The van der Waals surface area contributed by atoms with Crippen molar-refractivity contribution >= 4 is 11.6 Å². The zero-order valence-electron chi connectivity index (χ0n) is 11.9. The van der Waals surface area contributed by atoms with Gasteiger partial charge in [-0.1, -0.05) is 17.7 Å². The molecule has 2 aromatic rings. The van der Waals surface area contributed by atoms with Crippen molar-refractivity contribution in [3.8, 4) is 0 Å². The van der Waals surface area contributed by atoms with E-state index in [0.717, 1.165) is 16.8 Å². The summed E-state index contributed by atoms with van der Waals surface area (Å²) in [7, 11) is 3.57. The third-order valence-corrected chi connectivity index (χ3v) is 3.42. The Kier molecular flexibility index (Phi) is 5.11. The number of aryl methyl sites for hydroxylation is 1. The quantitative estimate of drug-likeness (QED) is 0.887. The van der Waals surface area contributed by atoms with Gasteiger partial charge in [0, 0.05) is 19.5 Å². The Bertz CT molecular complexity index is 570. The number of methoxy groups -OCH3 is 1. The van der Waals surface area contributed by atoms with Crippen molar-refractivity contribution in [2.45, 2.75) is 19.5 Å². The maximum absolute atomic E-state index is 6.30. The minimum absolute atomic E-state index is 0.0470. The van der Waals surface area contributed by atoms with Crippen LogP contribution in [0.1, 0.15) is 22.9 Å². The van der Waals surface area contributed by atoms with E-state index in [1.807, 2.05) is 31.0 Å². The number of nitrogens with zero attached hydrogens (tertiary/aromatic N) is 3. The molecular weight excluding hydrogens is 276 g/mol. The second kappa shape index (κ2) is 6.83. The molecule has 2 aromatic heterocycles. The predicted octanol–water partition coefficient (Wildman–Crippen LogP) is 2.20. The van der Waals surface area contributed by atoms with Gasteiger partial charge in [-0.15, -0.1) is 0 Å². The van der Waals surface area contributed by atoms with Crippen LogP contribution in [-0.2, 0) is 11.3 Å². The van der Waals surface area contributed by atoms with Gasteiger partial charge in [-0.05, 0) is 25.1 Å². The van der Waals surface area contributed by atoms with Crippen LogP contribution in [0.5, 0.6) is 0 Å². The molecule has 0 amide bonds. The smallest absolute Gasteiger partial charge is 0.0837 e. The van der Waals surface area contributed by atoms with Crippen molar-refractivity contribution in [3.63, 3.8) is 0 Å². The summed E-state index contributed by atoms with van der Waals surface area (Å²) in [6.45, 7) is 3.27. The average molecular weight is 295 g/mol. The summed E-state index contributed by atoms with van der Waals surface area (Å²) in [5.74, 6) is 0. The summed E-state index contributed by atoms with van der Waals surface area (Å²) in [4.78, 5) is 4.25. The zero-order chi connectivity index (χ0) is 14.5. The second-order valence-corrected chi connectivity index (χ2v) is 5.02. The molecule has 0 fully saturated rings. The van der Waals surface area contributed by atoms with Crippen LogP contribution in [-0.4, -0.2) is 35.5 Å². The van der Waals surface area contributed by atoms with Gasteiger partial charge in [-0.3, -0.25) is 9.67 Å². The van der Waals surface area contributed by atoms with Crippen molar-refractivity contribution in [3.05, 3.63) is 46.5 Å². The third kappa shape index (κ3) is 3.17. The average Bonchev–Trinajstić information content (AvgIpc) is 2.79. The van der Waals surface area contributed by atoms with E-state index >= 15 is 0 Å². The van der Waals surface area contributed by atoms with E-state index < -0.39 is 0 Å². The van der Waals surface area contributed by atoms with E-state index in [1.165, 1.54) is 0 Å². The first-order valence-electron chi connectivity index (χ1n) is 6.46. The van der Waals surface area contributed by atoms with Gasteiger partial charge in [-0.2, -0.15) is 5.10 Å². The highest BCUT2D eigenvalue weighted by Crippen LogP contribution is 2.28. The number of halogens is 1. The van der Waals surface area contributed by atoms with Gasteiger partial charge in [0.1, 0.15) is 0 Å². The normalized spacial score (nSPS) is 12.6. The van der Waals surface area contributed by atoms with Crippen molar-refractivity contribution < 1.29 is 4.74 Å². The van der Waals surface area contributed by atoms with Crippen molar-refractivity contribution in [1.82, 2.24) is 20.1 Å². The first kappa shape index (κ1) is 15.0. The molecule has 0 radical (unpaired) electrons. The van der Waals surface area contributed by atoms with Gasteiger partial charge in [0.15, 0.2) is 0 Å². The van der Waals surface area contributed by atoms with Gasteiger partial charge in [0.05, 0.1) is 36.1 Å². The second-order valence-electron chi connectivity index (χ2n) is 4.61. The van der Waals surface area contributed by atoms with Crippen LogP contribution in [0, 0.1) is 6.92 Å². The minimum Gasteiger partial charge on any atom is -0.383 e. The molecule has 0 spiro atoms. The molecule has 5 nitrogen and oxygen atoms in total. The molecule has 20 heavy (non-hydrogen) atoms. The van der Waals surface area contributed by atoms with E-state index in [4.69, 9.17) is 16.3 Å². The van der Waals surface area contributed by atoms with E-state index in [0.29, 0.717) is 18.2 Å². The van der Waals surface area contributed by atoms with Gasteiger partial charge in [-0.25, -0.2) is 0 Å². The molecule has 0 aliphatic heterocycles. The Morgan fingerprint density at radius 2 is 2.20 bits per heavy atom. The van der Waals surface area contributed by atoms with Gasteiger partial charge < -0.3 is 10.1 Å². The molecule has 0 saturated heterocycles. The van der Waals surface area contributed by atoms with Crippen LogP contribution in [0.2, 0.25) is 5.02 Å². The SMILES string of the molecule is CNC(c1cncc(C)c1)c1c(Cl)cnn1CCOC. The number of pyridine rings is 1. The van der Waals surface area contributed by atoms with Crippen LogP contribution in [0.3, 0.4) is 0 Å². The standard InChI is InChI=1S/C14H19ClN4O/c1-10-6-11(8-17-7-10)13(16-2)14-12(15)9-18-19(14)4-5-20-3/h6-9,13,16H,4-5H2,1-3H3. The molecule has 1 atom stereocenters. The minimum atomic E-state index is -0.0470. The monoisotopic (exact) mass is 294 g/mol. The highest BCUT2D eigenvalue weighted by atomic mass is 35.5. The summed E-state index contributed by atoms with van der Waals surface area (Å²) in [5, 5.41) is 8.23. The lowest BCUT2D eigenvalue weighted by molar-refractivity contribution is 0.182. The van der Waals surface area contributed by atoms with Crippen LogP contribution in [0.4, 0.5) is 0 Å². The number of hydrogen-bond acceptors (Lipinski definition) is 4. The molecule has 1 N–H and O–H groups in total. The van der Waals surface area contributed by atoms with Crippen molar-refractivity contribution in [1.29, 1.82) is 0 Å². The molecule has 1 unspecified atom stereocenters. The van der Waals surface area contributed by atoms with Crippen LogP contribution >= 0.6 is 11.6 Å². The fourth-order valence-corrected chi connectivity index (χ4v) is 2.46. The number of nitrogens with one attached hydrogen (secondary N) is 1. The molecule has 0 aliphatic rings. The lowest BCUT2D eigenvalue weighted by Gasteiger charge is -2.19. The molecule has 6 heteroatoms.